The maximum Gasteiger partial charge on any atom is 0.426 e. The molecular formula is C4H8NO2S. The lowest BCUT2D eigenvalue weighted by molar-refractivity contribution is 0.162. The lowest BCUT2D eigenvalue weighted by atomic mass is 10.8. The highest BCUT2D eigenvalue weighted by Crippen LogP contribution is 1.89. The zero-order valence-electron chi connectivity index (χ0n) is 4.64. The molecule has 0 rings (SSSR count). The monoisotopic (exact) mass is 134 g/mol. The molecule has 0 aliphatic carbocycles. The van der Waals surface area contributed by atoms with Crippen LogP contribution in [0.3, 0.4) is 0 Å². The van der Waals surface area contributed by atoms with E-state index in [0.29, 0.717) is 6.61 Å². The van der Waals surface area contributed by atoms with Gasteiger partial charge in [0.1, 0.15) is 6.61 Å². The highest BCUT2D eigenvalue weighted by Gasteiger charge is 1.90. The summed E-state index contributed by atoms with van der Waals surface area (Å²) in [5.41, 5.74) is 6.29. The largest absolute Gasteiger partial charge is 0.447 e. The van der Waals surface area contributed by atoms with E-state index in [2.05, 4.69) is 4.74 Å². The van der Waals surface area contributed by atoms with E-state index in [1.165, 1.54) is 0 Å². The summed E-state index contributed by atoms with van der Waals surface area (Å²) in [6.45, 7) is 0.351. The van der Waals surface area contributed by atoms with Crippen LogP contribution >= 0.6 is 11.8 Å². The molecule has 1 radical (unpaired) electrons. The maximum absolute atomic E-state index is 9.75. The molecule has 47 valence electrons. The second-order valence-corrected chi connectivity index (χ2v) is 2.11. The summed E-state index contributed by atoms with van der Waals surface area (Å²) >= 11 is 1.58. The van der Waals surface area contributed by atoms with Gasteiger partial charge in [-0.15, -0.1) is 0 Å². The Morgan fingerprint density at radius 1 is 1.88 bits per heavy atom. The zero-order chi connectivity index (χ0) is 6.41. The molecule has 0 aromatic carbocycles. The third-order valence-electron chi connectivity index (χ3n) is 0.521. The summed E-state index contributed by atoms with van der Waals surface area (Å²) < 4.78 is 4.29. The van der Waals surface area contributed by atoms with Crippen LogP contribution in [0.1, 0.15) is 0 Å². The minimum absolute atomic E-state index is 0.351. The van der Waals surface area contributed by atoms with Gasteiger partial charge in [-0.1, -0.05) is 0 Å². The smallest absolute Gasteiger partial charge is 0.426 e. The van der Waals surface area contributed by atoms with Crippen LogP contribution in [0.25, 0.3) is 0 Å². The molecule has 0 aromatic rings. The Morgan fingerprint density at radius 3 is 2.88 bits per heavy atom. The van der Waals surface area contributed by atoms with Gasteiger partial charge in [-0.05, 0) is 6.26 Å². The van der Waals surface area contributed by atoms with E-state index in [1.54, 1.807) is 11.8 Å². The average Bonchev–Trinajstić information content (AvgIpc) is 1.66. The first kappa shape index (κ1) is 7.62. The number of nitrogens with one attached hydrogen (secondary N) is 1. The molecule has 0 aromatic heterocycles. The normalized spacial score (nSPS) is 8.62. The van der Waals surface area contributed by atoms with Crippen LogP contribution in [0.2, 0.25) is 0 Å². The molecule has 0 spiro atoms. The van der Waals surface area contributed by atoms with E-state index in [-0.39, 0.29) is 0 Å². The topological polar surface area (TPSA) is 50.1 Å². The summed E-state index contributed by atoms with van der Waals surface area (Å²) in [5, 5.41) is 0. The van der Waals surface area contributed by atoms with Crippen LogP contribution in [-0.4, -0.2) is 24.7 Å². The summed E-state index contributed by atoms with van der Waals surface area (Å²) in [6.07, 6.45) is 0.969. The highest BCUT2D eigenvalue weighted by atomic mass is 32.2. The van der Waals surface area contributed by atoms with Crippen molar-refractivity contribution in [1.29, 1.82) is 0 Å². The van der Waals surface area contributed by atoms with Crippen molar-refractivity contribution in [2.75, 3.05) is 18.6 Å². The van der Waals surface area contributed by atoms with Gasteiger partial charge in [-0.2, -0.15) is 11.8 Å². The maximum atomic E-state index is 9.75. The third-order valence-corrected chi connectivity index (χ3v) is 1.10. The highest BCUT2D eigenvalue weighted by molar-refractivity contribution is 7.98. The van der Waals surface area contributed by atoms with Crippen LogP contribution in [0.15, 0.2) is 0 Å². The third kappa shape index (κ3) is 5.62. The Labute approximate surface area is 52.6 Å². The number of hydrogen-bond donors (Lipinski definition) is 0. The molecule has 0 heterocycles. The molecular weight excluding hydrogens is 126 g/mol. The molecule has 1 amide bonds. The number of ether oxygens (including phenoxy) is 1. The van der Waals surface area contributed by atoms with Crippen LogP contribution in [0.5, 0.6) is 0 Å². The molecule has 0 aliphatic heterocycles. The van der Waals surface area contributed by atoms with Crippen molar-refractivity contribution in [2.24, 2.45) is 0 Å². The van der Waals surface area contributed by atoms with Crippen LogP contribution in [-0.2, 0) is 4.74 Å². The number of thioether (sulfide) groups is 1. The predicted octanol–water partition coefficient (Wildman–Crippen LogP) is 0.769. The van der Waals surface area contributed by atoms with E-state index in [0.717, 1.165) is 5.75 Å². The molecule has 0 unspecified atom stereocenters. The fourth-order valence-corrected chi connectivity index (χ4v) is 0.468. The minimum atomic E-state index is -0.945. The van der Waals surface area contributed by atoms with Gasteiger partial charge in [0.15, 0.2) is 0 Å². The summed E-state index contributed by atoms with van der Waals surface area (Å²) in [5.74, 6) is 0.768. The number of carbonyl (C=O) groups is 1. The van der Waals surface area contributed by atoms with Gasteiger partial charge < -0.3 is 4.74 Å². The van der Waals surface area contributed by atoms with Gasteiger partial charge >= 0.3 is 6.09 Å². The van der Waals surface area contributed by atoms with E-state index in [4.69, 9.17) is 5.73 Å². The zero-order valence-corrected chi connectivity index (χ0v) is 5.46. The SMILES string of the molecule is CSCCOC([NH])=O. The Balaban J connectivity index is 2.82. The van der Waals surface area contributed by atoms with Gasteiger partial charge in [-0.25, -0.2) is 10.5 Å². The number of carbonyl (C=O) groups excluding carboxylic acids is 1. The predicted molar refractivity (Wildman–Crippen MR) is 32.8 cm³/mol. The van der Waals surface area contributed by atoms with Gasteiger partial charge in [0.2, 0.25) is 0 Å². The van der Waals surface area contributed by atoms with E-state index < -0.39 is 6.09 Å². The fourth-order valence-electron chi connectivity index (χ4n) is 0.218. The summed E-state index contributed by atoms with van der Waals surface area (Å²) in [4.78, 5) is 9.75. The number of amides is 1. The second kappa shape index (κ2) is 4.77. The summed E-state index contributed by atoms with van der Waals surface area (Å²) in [6, 6.07) is 0. The van der Waals surface area contributed by atoms with E-state index in [1.807, 2.05) is 6.26 Å². The number of rotatable bonds is 3. The van der Waals surface area contributed by atoms with Crippen molar-refractivity contribution >= 4 is 17.9 Å². The lowest BCUT2D eigenvalue weighted by Crippen LogP contribution is -2.04. The molecule has 0 atom stereocenters. The van der Waals surface area contributed by atoms with Crippen molar-refractivity contribution in [3.8, 4) is 0 Å². The molecule has 0 bridgehead atoms. The van der Waals surface area contributed by atoms with Crippen molar-refractivity contribution in [3.05, 3.63) is 0 Å². The van der Waals surface area contributed by atoms with Crippen molar-refractivity contribution in [2.45, 2.75) is 0 Å². The first-order valence-electron chi connectivity index (χ1n) is 2.14. The van der Waals surface area contributed by atoms with Crippen LogP contribution in [0.4, 0.5) is 4.79 Å². The van der Waals surface area contributed by atoms with Gasteiger partial charge in [0.05, 0.1) is 0 Å². The standard InChI is InChI=1S/C4H8NO2S/c1-8-3-2-7-4(5)6/h5H,2-3H2,1H3. The first-order valence-corrected chi connectivity index (χ1v) is 3.54. The molecule has 3 nitrogen and oxygen atoms in total. The van der Waals surface area contributed by atoms with Crippen molar-refractivity contribution < 1.29 is 9.53 Å². The Morgan fingerprint density at radius 2 is 2.50 bits per heavy atom. The van der Waals surface area contributed by atoms with Gasteiger partial charge in [-0.3, -0.25) is 0 Å². The lowest BCUT2D eigenvalue weighted by Gasteiger charge is -1.94. The molecule has 0 saturated carbocycles. The molecule has 0 fully saturated rings. The molecule has 0 saturated heterocycles. The molecule has 8 heavy (non-hydrogen) atoms. The molecule has 1 N–H and O–H groups in total. The first-order chi connectivity index (χ1) is 3.77. The number of hydrogen-bond acceptors (Lipinski definition) is 3. The van der Waals surface area contributed by atoms with Crippen molar-refractivity contribution in [1.82, 2.24) is 5.73 Å². The quantitative estimate of drug-likeness (QED) is 0.535. The average molecular weight is 134 g/mol. The summed E-state index contributed by atoms with van der Waals surface area (Å²) in [7, 11) is 0. The van der Waals surface area contributed by atoms with E-state index in [9.17, 15) is 4.79 Å². The fraction of sp³-hybridized carbons (Fsp3) is 0.750. The Hall–Kier alpha value is -0.380. The molecule has 4 heteroatoms. The van der Waals surface area contributed by atoms with Gasteiger partial charge in [0.25, 0.3) is 0 Å². The Kier molecular flexibility index (Phi) is 4.54. The van der Waals surface area contributed by atoms with Crippen LogP contribution in [0, 0.1) is 0 Å². The van der Waals surface area contributed by atoms with E-state index >= 15 is 0 Å². The van der Waals surface area contributed by atoms with Gasteiger partial charge in [0, 0.05) is 5.75 Å². The second-order valence-electron chi connectivity index (χ2n) is 1.13. The van der Waals surface area contributed by atoms with Crippen LogP contribution < -0.4 is 5.73 Å². The minimum Gasteiger partial charge on any atom is -0.447 e. The van der Waals surface area contributed by atoms with Crippen molar-refractivity contribution in [3.63, 3.8) is 0 Å². The Bertz CT molecular complexity index is 76.4. The molecule has 0 aliphatic rings.